The third-order valence-corrected chi connectivity index (χ3v) is 6.42. The van der Waals surface area contributed by atoms with E-state index in [1.165, 1.54) is 0 Å². The fourth-order valence-electron chi connectivity index (χ4n) is 3.52. The maximum absolute atomic E-state index is 13.5. The standard InChI is InChI=1S/C25H24N4O2S/c1-25(17-8-4-3-5-9-17,16-22-29-20-10-6-7-11-21(20)32-22)23(30)27-18-12-14-19(15-13-18)28-24(31)26-2/h3-15H,16H2,1-2H3,(H,27,30)(H2,26,28,31). The second-order valence-electron chi connectivity index (χ2n) is 7.69. The number of aromatic nitrogens is 1. The molecule has 4 aromatic rings. The van der Waals surface area contributed by atoms with E-state index in [1.54, 1.807) is 42.6 Å². The summed E-state index contributed by atoms with van der Waals surface area (Å²) in [5.41, 5.74) is 2.36. The Bertz CT molecular complexity index is 1200. The van der Waals surface area contributed by atoms with E-state index >= 15 is 0 Å². The third-order valence-electron chi connectivity index (χ3n) is 5.38. The largest absolute Gasteiger partial charge is 0.341 e. The van der Waals surface area contributed by atoms with Crippen molar-refractivity contribution in [3.63, 3.8) is 0 Å². The number of carbonyl (C=O) groups excluding carboxylic acids is 2. The Morgan fingerprint density at radius 1 is 0.875 bits per heavy atom. The summed E-state index contributed by atoms with van der Waals surface area (Å²) in [5.74, 6) is -0.116. The van der Waals surface area contributed by atoms with E-state index < -0.39 is 5.41 Å². The first-order chi connectivity index (χ1) is 15.5. The van der Waals surface area contributed by atoms with Crippen molar-refractivity contribution in [3.05, 3.63) is 89.4 Å². The molecule has 3 amide bonds. The Labute approximate surface area is 190 Å². The molecule has 6 nitrogen and oxygen atoms in total. The Kier molecular flexibility index (Phi) is 6.18. The topological polar surface area (TPSA) is 83.1 Å². The highest BCUT2D eigenvalue weighted by Crippen LogP contribution is 2.33. The van der Waals surface area contributed by atoms with Crippen LogP contribution in [0.2, 0.25) is 0 Å². The van der Waals surface area contributed by atoms with E-state index in [2.05, 4.69) is 16.0 Å². The molecule has 0 spiro atoms. The average molecular weight is 445 g/mol. The molecule has 32 heavy (non-hydrogen) atoms. The summed E-state index contributed by atoms with van der Waals surface area (Å²) in [6, 6.07) is 24.5. The lowest BCUT2D eigenvalue weighted by Crippen LogP contribution is -2.39. The molecule has 1 unspecified atom stereocenters. The van der Waals surface area contributed by atoms with Crippen LogP contribution in [0.25, 0.3) is 10.2 Å². The van der Waals surface area contributed by atoms with Gasteiger partial charge < -0.3 is 16.0 Å². The Morgan fingerprint density at radius 3 is 2.16 bits per heavy atom. The normalized spacial score (nSPS) is 12.7. The van der Waals surface area contributed by atoms with Gasteiger partial charge in [0.2, 0.25) is 5.91 Å². The zero-order valence-corrected chi connectivity index (χ0v) is 18.7. The lowest BCUT2D eigenvalue weighted by molar-refractivity contribution is -0.121. The lowest BCUT2D eigenvalue weighted by atomic mass is 9.78. The number of nitrogens with zero attached hydrogens (tertiary/aromatic N) is 1. The molecule has 162 valence electrons. The molecule has 3 aromatic carbocycles. The summed E-state index contributed by atoms with van der Waals surface area (Å²) < 4.78 is 1.11. The van der Waals surface area contributed by atoms with Gasteiger partial charge in [-0.15, -0.1) is 11.3 Å². The van der Waals surface area contributed by atoms with Gasteiger partial charge in [-0.3, -0.25) is 4.79 Å². The number of fused-ring (bicyclic) bond motifs is 1. The molecule has 0 aliphatic carbocycles. The first-order valence-corrected chi connectivity index (χ1v) is 11.1. The minimum absolute atomic E-state index is 0.116. The van der Waals surface area contributed by atoms with E-state index in [9.17, 15) is 9.59 Å². The number of thiazole rings is 1. The number of hydrogen-bond donors (Lipinski definition) is 3. The fourth-order valence-corrected chi connectivity index (χ4v) is 4.64. The smallest absolute Gasteiger partial charge is 0.318 e. The van der Waals surface area contributed by atoms with Crippen LogP contribution >= 0.6 is 11.3 Å². The molecule has 3 N–H and O–H groups in total. The van der Waals surface area contributed by atoms with Crippen LogP contribution in [-0.4, -0.2) is 24.0 Å². The van der Waals surface area contributed by atoms with Gasteiger partial charge in [-0.2, -0.15) is 0 Å². The number of benzene rings is 3. The number of carbonyl (C=O) groups is 2. The summed E-state index contributed by atoms with van der Waals surface area (Å²) in [6.07, 6.45) is 0.485. The van der Waals surface area contributed by atoms with E-state index in [0.29, 0.717) is 17.8 Å². The molecule has 1 heterocycles. The maximum Gasteiger partial charge on any atom is 0.318 e. The van der Waals surface area contributed by atoms with Gasteiger partial charge in [-0.1, -0.05) is 42.5 Å². The molecule has 0 saturated heterocycles. The molecule has 0 fully saturated rings. The Hall–Kier alpha value is -3.71. The maximum atomic E-state index is 13.5. The van der Waals surface area contributed by atoms with Crippen molar-refractivity contribution >= 4 is 44.9 Å². The quantitative estimate of drug-likeness (QED) is 0.383. The van der Waals surface area contributed by atoms with Crippen molar-refractivity contribution in [1.82, 2.24) is 10.3 Å². The molecular formula is C25H24N4O2S. The Balaban J connectivity index is 1.60. The molecular weight excluding hydrogens is 420 g/mol. The zero-order valence-electron chi connectivity index (χ0n) is 17.9. The number of nitrogens with one attached hydrogen (secondary N) is 3. The summed E-state index contributed by atoms with van der Waals surface area (Å²) in [6.45, 7) is 1.95. The molecule has 0 saturated carbocycles. The molecule has 4 rings (SSSR count). The van der Waals surface area contributed by atoms with Gasteiger partial charge in [-0.05, 0) is 48.9 Å². The van der Waals surface area contributed by atoms with Crippen LogP contribution < -0.4 is 16.0 Å². The highest BCUT2D eigenvalue weighted by Gasteiger charge is 2.36. The number of amides is 3. The fraction of sp³-hybridized carbons (Fsp3) is 0.160. The van der Waals surface area contributed by atoms with Gasteiger partial charge in [-0.25, -0.2) is 9.78 Å². The summed E-state index contributed by atoms with van der Waals surface area (Å²) in [4.78, 5) is 29.8. The summed E-state index contributed by atoms with van der Waals surface area (Å²) >= 11 is 1.62. The molecule has 1 atom stereocenters. The van der Waals surface area contributed by atoms with Crippen LogP contribution in [0.5, 0.6) is 0 Å². The van der Waals surface area contributed by atoms with Crippen LogP contribution in [0.4, 0.5) is 16.2 Å². The van der Waals surface area contributed by atoms with Crippen molar-refractivity contribution in [1.29, 1.82) is 0 Å². The second-order valence-corrected chi connectivity index (χ2v) is 8.80. The molecule has 0 aliphatic rings. The van der Waals surface area contributed by atoms with Gasteiger partial charge in [0, 0.05) is 24.8 Å². The molecule has 7 heteroatoms. The van der Waals surface area contributed by atoms with E-state index in [1.807, 2.05) is 61.5 Å². The van der Waals surface area contributed by atoms with E-state index in [4.69, 9.17) is 4.98 Å². The monoisotopic (exact) mass is 444 g/mol. The SMILES string of the molecule is CNC(=O)Nc1ccc(NC(=O)C(C)(Cc2nc3ccccc3s2)c2ccccc2)cc1. The lowest BCUT2D eigenvalue weighted by Gasteiger charge is -2.28. The molecule has 0 radical (unpaired) electrons. The zero-order chi connectivity index (χ0) is 22.6. The van der Waals surface area contributed by atoms with Crippen LogP contribution in [0, 0.1) is 0 Å². The first-order valence-electron chi connectivity index (χ1n) is 10.3. The predicted octanol–water partition coefficient (Wildman–Crippen LogP) is 5.19. The number of hydrogen-bond acceptors (Lipinski definition) is 4. The number of urea groups is 1. The second kappa shape index (κ2) is 9.20. The minimum Gasteiger partial charge on any atom is -0.341 e. The highest BCUT2D eigenvalue weighted by atomic mass is 32.1. The van der Waals surface area contributed by atoms with Crippen LogP contribution in [0.1, 0.15) is 17.5 Å². The van der Waals surface area contributed by atoms with E-state index in [-0.39, 0.29) is 11.9 Å². The minimum atomic E-state index is -0.811. The number of rotatable bonds is 6. The number of para-hydroxylation sites is 1. The van der Waals surface area contributed by atoms with Crippen molar-refractivity contribution < 1.29 is 9.59 Å². The van der Waals surface area contributed by atoms with Gasteiger partial charge in [0.15, 0.2) is 0 Å². The van der Waals surface area contributed by atoms with Crippen LogP contribution in [0.3, 0.4) is 0 Å². The molecule has 0 aliphatic heterocycles. The van der Waals surface area contributed by atoms with Crippen LogP contribution in [0.15, 0.2) is 78.9 Å². The number of anilines is 2. The third kappa shape index (κ3) is 4.63. The molecule has 1 aromatic heterocycles. The summed E-state index contributed by atoms with van der Waals surface area (Å²) in [7, 11) is 1.56. The van der Waals surface area contributed by atoms with Crippen LogP contribution in [-0.2, 0) is 16.6 Å². The van der Waals surface area contributed by atoms with Crippen molar-refractivity contribution in [2.75, 3.05) is 17.7 Å². The van der Waals surface area contributed by atoms with Gasteiger partial charge in [0.05, 0.1) is 20.6 Å². The van der Waals surface area contributed by atoms with Crippen molar-refractivity contribution in [2.24, 2.45) is 0 Å². The Morgan fingerprint density at radius 2 is 1.50 bits per heavy atom. The van der Waals surface area contributed by atoms with Crippen molar-refractivity contribution in [2.45, 2.75) is 18.8 Å². The van der Waals surface area contributed by atoms with Crippen molar-refractivity contribution in [3.8, 4) is 0 Å². The average Bonchev–Trinajstić information content (AvgIpc) is 3.22. The van der Waals surface area contributed by atoms with E-state index in [0.717, 1.165) is 20.8 Å². The van der Waals surface area contributed by atoms with Gasteiger partial charge in [0.25, 0.3) is 0 Å². The predicted molar refractivity (Wildman–Crippen MR) is 130 cm³/mol. The van der Waals surface area contributed by atoms with Gasteiger partial charge in [0.1, 0.15) is 0 Å². The van der Waals surface area contributed by atoms with Gasteiger partial charge >= 0.3 is 6.03 Å². The first kappa shape index (κ1) is 21.5. The molecule has 0 bridgehead atoms. The summed E-state index contributed by atoms with van der Waals surface area (Å²) in [5, 5.41) is 9.16. The highest BCUT2D eigenvalue weighted by molar-refractivity contribution is 7.18.